The van der Waals surface area contributed by atoms with E-state index in [1.54, 1.807) is 6.07 Å². The van der Waals surface area contributed by atoms with E-state index in [0.717, 1.165) is 5.56 Å². The van der Waals surface area contributed by atoms with Crippen molar-refractivity contribution in [2.24, 2.45) is 0 Å². The minimum Gasteiger partial charge on any atom is -0.493 e. The lowest BCUT2D eigenvalue weighted by Gasteiger charge is -2.12. The lowest BCUT2D eigenvalue weighted by Crippen LogP contribution is -2.15. The van der Waals surface area contributed by atoms with Gasteiger partial charge in [-0.3, -0.25) is 4.79 Å². The largest absolute Gasteiger partial charge is 0.493 e. The number of rotatable bonds is 8. The maximum atomic E-state index is 13.6. The fourth-order valence-corrected chi connectivity index (χ4v) is 2.63. The highest BCUT2D eigenvalue weighted by atomic mass is 19.1. The van der Waals surface area contributed by atoms with Gasteiger partial charge in [0.2, 0.25) is 5.78 Å². The molecule has 148 valence electrons. The third kappa shape index (κ3) is 5.19. The number of carbonyl (C=O) groups is 2. The Morgan fingerprint density at radius 2 is 1.62 bits per heavy atom. The van der Waals surface area contributed by atoms with Gasteiger partial charge in [-0.05, 0) is 35.9 Å². The normalized spacial score (nSPS) is 10.3. The van der Waals surface area contributed by atoms with Crippen LogP contribution in [0.3, 0.4) is 0 Å². The van der Waals surface area contributed by atoms with Crippen LogP contribution in [0.15, 0.2) is 72.8 Å². The Kier molecular flexibility index (Phi) is 6.58. The number of methoxy groups -OCH3 is 1. The molecule has 0 aliphatic carbocycles. The average Bonchev–Trinajstić information content (AvgIpc) is 2.76. The van der Waals surface area contributed by atoms with Gasteiger partial charge in [-0.2, -0.15) is 0 Å². The smallest absolute Gasteiger partial charge is 0.338 e. The Hall–Kier alpha value is -3.67. The summed E-state index contributed by atoms with van der Waals surface area (Å²) < 4.78 is 29.7. The summed E-state index contributed by atoms with van der Waals surface area (Å²) in [6, 6.07) is 19.7. The van der Waals surface area contributed by atoms with Gasteiger partial charge in [0.25, 0.3) is 0 Å². The van der Waals surface area contributed by atoms with Crippen molar-refractivity contribution in [2.75, 3.05) is 13.7 Å². The Bertz CT molecular complexity index is 1000. The third-order valence-corrected chi connectivity index (χ3v) is 4.15. The SMILES string of the molecule is COc1cc(C(=O)OCC(=O)c2ccccc2F)ccc1OCc1ccccc1. The van der Waals surface area contributed by atoms with Gasteiger partial charge in [0.15, 0.2) is 18.1 Å². The number of benzene rings is 3. The van der Waals surface area contributed by atoms with Crippen molar-refractivity contribution in [1.29, 1.82) is 0 Å². The number of hydrogen-bond donors (Lipinski definition) is 0. The Labute approximate surface area is 167 Å². The van der Waals surface area contributed by atoms with E-state index in [4.69, 9.17) is 14.2 Å². The number of carbonyl (C=O) groups excluding carboxylic acids is 2. The Morgan fingerprint density at radius 1 is 0.897 bits per heavy atom. The molecule has 5 nitrogen and oxygen atoms in total. The van der Waals surface area contributed by atoms with Crippen LogP contribution in [0, 0.1) is 5.82 Å². The minimum atomic E-state index is -0.720. The van der Waals surface area contributed by atoms with E-state index in [1.807, 2.05) is 30.3 Å². The fourth-order valence-electron chi connectivity index (χ4n) is 2.63. The zero-order chi connectivity index (χ0) is 20.6. The summed E-state index contributed by atoms with van der Waals surface area (Å²) in [5, 5.41) is 0. The van der Waals surface area contributed by atoms with Crippen LogP contribution < -0.4 is 9.47 Å². The fraction of sp³-hybridized carbons (Fsp3) is 0.130. The van der Waals surface area contributed by atoms with E-state index < -0.39 is 24.2 Å². The van der Waals surface area contributed by atoms with Gasteiger partial charge < -0.3 is 14.2 Å². The second-order valence-corrected chi connectivity index (χ2v) is 6.12. The topological polar surface area (TPSA) is 61.8 Å². The number of Topliss-reactive ketones (excluding diaryl/α,β-unsaturated/α-hetero) is 1. The molecule has 0 atom stereocenters. The molecule has 0 fully saturated rings. The number of halogens is 1. The summed E-state index contributed by atoms with van der Waals surface area (Å²) in [5.41, 5.74) is 1.06. The number of esters is 1. The van der Waals surface area contributed by atoms with E-state index in [2.05, 4.69) is 0 Å². The number of ketones is 1. The Morgan fingerprint density at radius 3 is 2.34 bits per heavy atom. The summed E-state index contributed by atoms with van der Waals surface area (Å²) in [5.74, 6) is -1.17. The van der Waals surface area contributed by atoms with Crippen LogP contribution in [-0.2, 0) is 11.3 Å². The molecule has 0 bridgehead atoms. The molecule has 0 N–H and O–H groups in total. The first-order chi connectivity index (χ1) is 14.1. The van der Waals surface area contributed by atoms with Gasteiger partial charge in [-0.15, -0.1) is 0 Å². The van der Waals surface area contributed by atoms with Crippen LogP contribution in [0.4, 0.5) is 4.39 Å². The highest BCUT2D eigenvalue weighted by Crippen LogP contribution is 2.29. The van der Waals surface area contributed by atoms with Crippen molar-refractivity contribution in [1.82, 2.24) is 0 Å². The molecule has 0 unspecified atom stereocenters. The van der Waals surface area contributed by atoms with Gasteiger partial charge in [0, 0.05) is 0 Å². The first-order valence-corrected chi connectivity index (χ1v) is 8.88. The molecule has 3 aromatic rings. The number of hydrogen-bond acceptors (Lipinski definition) is 5. The van der Waals surface area contributed by atoms with Crippen molar-refractivity contribution in [2.45, 2.75) is 6.61 Å². The molecule has 0 amide bonds. The van der Waals surface area contributed by atoms with Crippen molar-refractivity contribution in [3.8, 4) is 11.5 Å². The second-order valence-electron chi connectivity index (χ2n) is 6.12. The molecule has 0 saturated carbocycles. The summed E-state index contributed by atoms with van der Waals surface area (Å²) >= 11 is 0. The molecule has 0 spiro atoms. The van der Waals surface area contributed by atoms with Crippen LogP contribution in [0.25, 0.3) is 0 Å². The summed E-state index contributed by atoms with van der Waals surface area (Å²) in [6.45, 7) is -0.216. The monoisotopic (exact) mass is 394 g/mol. The molecule has 0 aliphatic rings. The quantitative estimate of drug-likeness (QED) is 0.417. The van der Waals surface area contributed by atoms with Crippen LogP contribution in [0.5, 0.6) is 11.5 Å². The van der Waals surface area contributed by atoms with Crippen molar-refractivity contribution in [3.05, 3.63) is 95.3 Å². The average molecular weight is 394 g/mol. The predicted octanol–water partition coefficient (Wildman–Crippen LogP) is 4.45. The maximum Gasteiger partial charge on any atom is 0.338 e. The molecule has 0 aliphatic heterocycles. The van der Waals surface area contributed by atoms with E-state index in [-0.39, 0.29) is 11.1 Å². The predicted molar refractivity (Wildman–Crippen MR) is 105 cm³/mol. The van der Waals surface area contributed by atoms with E-state index in [1.165, 1.54) is 43.5 Å². The van der Waals surface area contributed by atoms with Gasteiger partial charge in [-0.1, -0.05) is 42.5 Å². The molecular formula is C23H19FO5. The van der Waals surface area contributed by atoms with Crippen molar-refractivity contribution in [3.63, 3.8) is 0 Å². The highest BCUT2D eigenvalue weighted by Gasteiger charge is 2.16. The van der Waals surface area contributed by atoms with E-state index >= 15 is 0 Å². The van der Waals surface area contributed by atoms with Crippen LogP contribution in [0.1, 0.15) is 26.3 Å². The number of ether oxygens (including phenoxy) is 3. The minimum absolute atomic E-state index is 0.123. The van der Waals surface area contributed by atoms with Crippen LogP contribution >= 0.6 is 0 Å². The van der Waals surface area contributed by atoms with Crippen LogP contribution in [-0.4, -0.2) is 25.5 Å². The molecule has 0 radical (unpaired) electrons. The first kappa shape index (κ1) is 20.1. The molecule has 0 aromatic heterocycles. The third-order valence-electron chi connectivity index (χ3n) is 4.15. The first-order valence-electron chi connectivity index (χ1n) is 8.88. The zero-order valence-electron chi connectivity index (χ0n) is 15.8. The molecule has 29 heavy (non-hydrogen) atoms. The Balaban J connectivity index is 1.63. The summed E-state index contributed by atoms with van der Waals surface area (Å²) in [7, 11) is 1.46. The van der Waals surface area contributed by atoms with E-state index in [9.17, 15) is 14.0 Å². The molecule has 0 heterocycles. The maximum absolute atomic E-state index is 13.6. The van der Waals surface area contributed by atoms with Gasteiger partial charge in [-0.25, -0.2) is 9.18 Å². The van der Waals surface area contributed by atoms with Gasteiger partial charge >= 0.3 is 5.97 Å². The van der Waals surface area contributed by atoms with Crippen molar-refractivity contribution < 1.29 is 28.2 Å². The molecule has 3 aromatic carbocycles. The van der Waals surface area contributed by atoms with E-state index in [0.29, 0.717) is 18.1 Å². The summed E-state index contributed by atoms with van der Waals surface area (Å²) in [4.78, 5) is 24.3. The lowest BCUT2D eigenvalue weighted by molar-refractivity contribution is 0.0473. The second kappa shape index (κ2) is 9.50. The van der Waals surface area contributed by atoms with Gasteiger partial charge in [0.05, 0.1) is 18.2 Å². The van der Waals surface area contributed by atoms with Gasteiger partial charge in [0.1, 0.15) is 12.4 Å². The molecular weight excluding hydrogens is 375 g/mol. The highest BCUT2D eigenvalue weighted by molar-refractivity contribution is 5.99. The summed E-state index contributed by atoms with van der Waals surface area (Å²) in [6.07, 6.45) is 0. The standard InChI is InChI=1S/C23H19FO5/c1-27-22-13-17(11-12-21(22)28-14-16-7-3-2-4-8-16)23(26)29-15-20(25)18-9-5-6-10-19(18)24/h2-13H,14-15H2,1H3. The molecule has 3 rings (SSSR count). The van der Waals surface area contributed by atoms with Crippen molar-refractivity contribution >= 4 is 11.8 Å². The van der Waals surface area contributed by atoms with Crippen LogP contribution in [0.2, 0.25) is 0 Å². The molecule has 0 saturated heterocycles. The lowest BCUT2D eigenvalue weighted by atomic mass is 10.1. The zero-order valence-corrected chi connectivity index (χ0v) is 15.8. The molecule has 6 heteroatoms.